The van der Waals surface area contributed by atoms with Crippen LogP contribution in [-0.2, 0) is 21.4 Å². The molecule has 0 saturated heterocycles. The lowest BCUT2D eigenvalue weighted by Crippen LogP contribution is -2.37. The molecule has 0 heterocycles. The summed E-state index contributed by atoms with van der Waals surface area (Å²) >= 11 is 0. The number of nitrogens with zero attached hydrogens (tertiary/aromatic N) is 2. The van der Waals surface area contributed by atoms with Crippen LogP contribution in [0.25, 0.3) is 0 Å². The van der Waals surface area contributed by atoms with Crippen LogP contribution in [0.15, 0.2) is 77.7 Å². The Morgan fingerprint density at radius 1 is 1.06 bits per heavy atom. The topological polar surface area (TPSA) is 99.5 Å². The van der Waals surface area contributed by atoms with E-state index in [1.165, 1.54) is 25.3 Å². The molecule has 3 aromatic rings. The second kappa shape index (κ2) is 10.1. The van der Waals surface area contributed by atoms with Crippen LogP contribution in [0.4, 0.5) is 5.69 Å². The molecule has 3 rings (SSSR count). The number of rotatable bonds is 8. The zero-order chi connectivity index (χ0) is 23.1. The first-order chi connectivity index (χ1) is 15.3. The highest BCUT2D eigenvalue weighted by atomic mass is 32.2. The number of nitrogens with one attached hydrogen (secondary N) is 1. The first-order valence-corrected chi connectivity index (χ1v) is 11.3. The van der Waals surface area contributed by atoms with Gasteiger partial charge in [0.15, 0.2) is 0 Å². The van der Waals surface area contributed by atoms with Crippen molar-refractivity contribution in [3.63, 3.8) is 0 Å². The molecular weight excluding hydrogens is 426 g/mol. The molecule has 0 aromatic heterocycles. The number of carbonyl (C=O) groups excluding carboxylic acids is 1. The van der Waals surface area contributed by atoms with E-state index in [0.29, 0.717) is 22.6 Å². The quantitative estimate of drug-likeness (QED) is 0.565. The molecule has 0 aliphatic rings. The summed E-state index contributed by atoms with van der Waals surface area (Å²) in [6.07, 6.45) is 0. The van der Waals surface area contributed by atoms with Crippen LogP contribution >= 0.6 is 0 Å². The van der Waals surface area contributed by atoms with E-state index in [1.54, 1.807) is 43.3 Å². The summed E-state index contributed by atoms with van der Waals surface area (Å²) in [4.78, 5) is 12.8. The molecule has 1 amide bonds. The summed E-state index contributed by atoms with van der Waals surface area (Å²) in [5.41, 5.74) is 2.24. The minimum Gasteiger partial charge on any atom is -0.496 e. The van der Waals surface area contributed by atoms with Gasteiger partial charge in [0.05, 0.1) is 30.2 Å². The predicted octanol–water partition coefficient (Wildman–Crippen LogP) is 3.70. The van der Waals surface area contributed by atoms with Crippen molar-refractivity contribution >= 4 is 21.6 Å². The van der Waals surface area contributed by atoms with Crippen molar-refractivity contribution in [2.75, 3.05) is 19.0 Å². The van der Waals surface area contributed by atoms with Crippen molar-refractivity contribution < 1.29 is 17.9 Å². The van der Waals surface area contributed by atoms with Gasteiger partial charge in [0.1, 0.15) is 5.75 Å². The number of benzene rings is 3. The van der Waals surface area contributed by atoms with Crippen molar-refractivity contribution in [3.05, 3.63) is 89.5 Å². The van der Waals surface area contributed by atoms with Gasteiger partial charge in [0, 0.05) is 12.2 Å². The van der Waals surface area contributed by atoms with Crippen LogP contribution in [0.2, 0.25) is 0 Å². The predicted molar refractivity (Wildman–Crippen MR) is 122 cm³/mol. The first-order valence-electron chi connectivity index (χ1n) is 9.82. The Hall–Kier alpha value is -3.67. The third kappa shape index (κ3) is 5.52. The molecule has 0 saturated carbocycles. The van der Waals surface area contributed by atoms with Gasteiger partial charge in [-0.2, -0.15) is 9.57 Å². The lowest BCUT2D eigenvalue weighted by molar-refractivity contribution is -0.116. The number of methoxy groups -OCH3 is 1. The van der Waals surface area contributed by atoms with Crippen molar-refractivity contribution in [2.24, 2.45) is 0 Å². The summed E-state index contributed by atoms with van der Waals surface area (Å²) < 4.78 is 33.2. The summed E-state index contributed by atoms with van der Waals surface area (Å²) in [5, 5.41) is 11.7. The normalized spacial score (nSPS) is 11.1. The van der Waals surface area contributed by atoms with E-state index in [4.69, 9.17) is 10.00 Å². The van der Waals surface area contributed by atoms with Crippen molar-refractivity contribution in [3.8, 4) is 11.8 Å². The van der Waals surface area contributed by atoms with Crippen LogP contribution in [0.1, 0.15) is 16.7 Å². The van der Waals surface area contributed by atoms with E-state index in [1.807, 2.05) is 24.3 Å². The summed E-state index contributed by atoms with van der Waals surface area (Å²) in [7, 11) is -2.46. The highest BCUT2D eigenvalue weighted by Gasteiger charge is 2.27. The Labute approximate surface area is 187 Å². The zero-order valence-electron chi connectivity index (χ0n) is 17.8. The van der Waals surface area contributed by atoms with Crippen molar-refractivity contribution in [1.82, 2.24) is 4.31 Å². The average Bonchev–Trinajstić information content (AvgIpc) is 2.79. The maximum Gasteiger partial charge on any atom is 0.243 e. The maximum absolute atomic E-state index is 13.4. The number of carbonyl (C=O) groups is 1. The molecule has 0 fully saturated rings. The van der Waals surface area contributed by atoms with E-state index >= 15 is 0 Å². The molecule has 0 bridgehead atoms. The number of ether oxygens (including phenoxy) is 1. The minimum atomic E-state index is -3.98. The summed E-state index contributed by atoms with van der Waals surface area (Å²) in [6, 6.07) is 22.1. The van der Waals surface area contributed by atoms with Crippen molar-refractivity contribution in [2.45, 2.75) is 18.4 Å². The number of aryl methyl sites for hydroxylation is 1. The number of sulfonamides is 1. The Kier molecular flexibility index (Phi) is 7.25. The first kappa shape index (κ1) is 23.0. The number of nitriles is 1. The van der Waals surface area contributed by atoms with E-state index in [-0.39, 0.29) is 18.0 Å². The maximum atomic E-state index is 13.4. The van der Waals surface area contributed by atoms with Gasteiger partial charge in [-0.1, -0.05) is 36.4 Å². The fourth-order valence-electron chi connectivity index (χ4n) is 3.20. The van der Waals surface area contributed by atoms with E-state index < -0.39 is 15.9 Å². The number of amides is 1. The summed E-state index contributed by atoms with van der Waals surface area (Å²) in [5.74, 6) is 0.0681. The highest BCUT2D eigenvalue weighted by molar-refractivity contribution is 7.89. The van der Waals surface area contributed by atoms with Gasteiger partial charge < -0.3 is 10.1 Å². The fourth-order valence-corrected chi connectivity index (χ4v) is 4.67. The van der Waals surface area contributed by atoms with E-state index in [0.717, 1.165) is 9.87 Å². The summed E-state index contributed by atoms with van der Waals surface area (Å²) in [6.45, 7) is 1.40. The molecule has 0 atom stereocenters. The lowest BCUT2D eigenvalue weighted by Gasteiger charge is -2.22. The zero-order valence-corrected chi connectivity index (χ0v) is 18.6. The Morgan fingerprint density at radius 2 is 1.81 bits per heavy atom. The van der Waals surface area contributed by atoms with Crippen LogP contribution in [0, 0.1) is 18.3 Å². The van der Waals surface area contributed by atoms with Crippen LogP contribution in [0.3, 0.4) is 0 Å². The molecule has 0 aliphatic heterocycles. The minimum absolute atomic E-state index is 0.0277. The molecular formula is C24H23N3O4S. The third-order valence-electron chi connectivity index (χ3n) is 4.80. The van der Waals surface area contributed by atoms with Crippen molar-refractivity contribution in [1.29, 1.82) is 5.26 Å². The Balaban J connectivity index is 1.90. The van der Waals surface area contributed by atoms with Crippen LogP contribution in [-0.4, -0.2) is 32.3 Å². The smallest absolute Gasteiger partial charge is 0.243 e. The van der Waals surface area contributed by atoms with Gasteiger partial charge in [0.25, 0.3) is 0 Å². The second-order valence-corrected chi connectivity index (χ2v) is 9.07. The molecule has 164 valence electrons. The molecule has 8 heteroatoms. The van der Waals surface area contributed by atoms with Gasteiger partial charge in [0.2, 0.25) is 15.9 Å². The Bertz CT molecular complexity index is 1250. The standard InChI is InChI=1S/C24H23N3O4S/c1-18-13-22(11-12-23(18)31-2)32(29,30)27(16-19-7-4-3-5-8-19)17-24(28)26-21-10-6-9-20(14-21)15-25/h3-14H,16-17H2,1-2H3,(H,26,28). The van der Waals surface area contributed by atoms with Gasteiger partial charge in [-0.15, -0.1) is 0 Å². The van der Waals surface area contributed by atoms with Crippen LogP contribution in [0.5, 0.6) is 5.75 Å². The lowest BCUT2D eigenvalue weighted by atomic mass is 10.2. The number of hydrogen-bond donors (Lipinski definition) is 1. The van der Waals surface area contributed by atoms with Gasteiger partial charge in [-0.3, -0.25) is 4.79 Å². The molecule has 0 radical (unpaired) electrons. The third-order valence-corrected chi connectivity index (χ3v) is 6.59. The largest absolute Gasteiger partial charge is 0.496 e. The van der Waals surface area contributed by atoms with E-state index in [2.05, 4.69) is 5.32 Å². The number of anilines is 1. The monoisotopic (exact) mass is 449 g/mol. The van der Waals surface area contributed by atoms with Gasteiger partial charge >= 0.3 is 0 Å². The molecule has 1 N–H and O–H groups in total. The van der Waals surface area contributed by atoms with Crippen LogP contribution < -0.4 is 10.1 Å². The van der Waals surface area contributed by atoms with Gasteiger partial charge in [-0.25, -0.2) is 8.42 Å². The molecule has 0 spiro atoms. The SMILES string of the molecule is COc1ccc(S(=O)(=O)N(CC(=O)Nc2cccc(C#N)c2)Cc2ccccc2)cc1C. The molecule has 0 unspecified atom stereocenters. The second-order valence-electron chi connectivity index (χ2n) is 7.13. The molecule has 0 aliphatic carbocycles. The Morgan fingerprint density at radius 3 is 2.47 bits per heavy atom. The molecule has 3 aromatic carbocycles. The van der Waals surface area contributed by atoms with E-state index in [9.17, 15) is 13.2 Å². The number of hydrogen-bond acceptors (Lipinski definition) is 5. The molecule has 32 heavy (non-hydrogen) atoms. The average molecular weight is 450 g/mol. The molecule has 7 nitrogen and oxygen atoms in total. The highest BCUT2D eigenvalue weighted by Crippen LogP contribution is 2.25. The fraction of sp³-hybridized carbons (Fsp3) is 0.167. The van der Waals surface area contributed by atoms with Gasteiger partial charge in [-0.05, 0) is 54.4 Å².